The number of aromatic nitrogens is 1. The number of aryl methyl sites for hydroxylation is 1. The van der Waals surface area contributed by atoms with Gasteiger partial charge in [0.05, 0.1) is 4.90 Å². The van der Waals surface area contributed by atoms with E-state index in [1.807, 2.05) is 13.0 Å². The van der Waals surface area contributed by atoms with Crippen LogP contribution in [0.3, 0.4) is 0 Å². The molecule has 5 nitrogen and oxygen atoms in total. The Kier molecular flexibility index (Phi) is 3.45. The summed E-state index contributed by atoms with van der Waals surface area (Å²) < 4.78 is 27.2. The molecule has 3 rings (SSSR count). The topological polar surface area (TPSA) is 62.3 Å². The standard InChI is InChI=1S/C14H17N3O2S/c1-11-9-16-10-12-3-2-4-13(14(11)12)20(18,19)17-7-5-15-6-8-17/h2-4,9-10,15H,5-8H2,1H3/i1+1. The van der Waals surface area contributed by atoms with Gasteiger partial charge in [0, 0.05) is 49.3 Å². The summed E-state index contributed by atoms with van der Waals surface area (Å²) in [5.74, 6) is 0. The van der Waals surface area contributed by atoms with Gasteiger partial charge >= 0.3 is 0 Å². The minimum Gasteiger partial charge on any atom is -0.314 e. The van der Waals surface area contributed by atoms with Gasteiger partial charge in [-0.1, -0.05) is 12.1 Å². The van der Waals surface area contributed by atoms with Crippen LogP contribution in [0.4, 0.5) is 0 Å². The minimum atomic E-state index is -3.45. The molecule has 1 N–H and O–H groups in total. The van der Waals surface area contributed by atoms with Crippen LogP contribution >= 0.6 is 0 Å². The molecule has 1 aromatic heterocycles. The van der Waals surface area contributed by atoms with Gasteiger partial charge < -0.3 is 5.32 Å². The van der Waals surface area contributed by atoms with Gasteiger partial charge in [-0.05, 0) is 18.6 Å². The molecule has 106 valence electrons. The Balaban J connectivity index is 2.18. The van der Waals surface area contributed by atoms with Crippen molar-refractivity contribution in [2.24, 2.45) is 0 Å². The quantitative estimate of drug-likeness (QED) is 0.843. The molecule has 2 heterocycles. The number of piperazine rings is 1. The lowest BCUT2D eigenvalue weighted by atomic mass is 10.1. The number of nitrogens with one attached hydrogen (secondary N) is 1. The number of nitrogens with zero attached hydrogens (tertiary/aromatic N) is 2. The number of rotatable bonds is 2. The second-order valence-electron chi connectivity index (χ2n) is 4.96. The third-order valence-corrected chi connectivity index (χ3v) is 5.57. The maximum atomic E-state index is 12.8. The molecule has 1 aliphatic rings. The van der Waals surface area contributed by atoms with E-state index in [4.69, 9.17) is 0 Å². The number of pyridine rings is 1. The predicted octanol–water partition coefficient (Wildman–Crippen LogP) is 1.14. The highest BCUT2D eigenvalue weighted by Gasteiger charge is 2.27. The molecule has 0 spiro atoms. The van der Waals surface area contributed by atoms with E-state index >= 15 is 0 Å². The molecule has 0 bridgehead atoms. The van der Waals surface area contributed by atoms with E-state index in [9.17, 15) is 8.42 Å². The van der Waals surface area contributed by atoms with Crippen molar-refractivity contribution in [1.82, 2.24) is 14.6 Å². The molecule has 0 aliphatic carbocycles. The maximum Gasteiger partial charge on any atom is 0.243 e. The van der Waals surface area contributed by atoms with Crippen molar-refractivity contribution >= 4 is 20.8 Å². The van der Waals surface area contributed by atoms with Crippen LogP contribution in [0, 0.1) is 6.92 Å². The molecule has 20 heavy (non-hydrogen) atoms. The summed E-state index contributed by atoms with van der Waals surface area (Å²) in [6.45, 7) is 4.33. The lowest BCUT2D eigenvalue weighted by Crippen LogP contribution is -2.46. The minimum absolute atomic E-state index is 0.386. The Morgan fingerprint density at radius 3 is 2.70 bits per heavy atom. The van der Waals surface area contributed by atoms with Gasteiger partial charge in [-0.2, -0.15) is 4.31 Å². The molecule has 2 aromatic rings. The third kappa shape index (κ3) is 2.19. The first-order chi connectivity index (χ1) is 9.60. The normalized spacial score (nSPS) is 17.4. The average molecular weight is 292 g/mol. The summed E-state index contributed by atoms with van der Waals surface area (Å²) in [5.41, 5.74) is 0.886. The number of hydrogen-bond donors (Lipinski definition) is 1. The van der Waals surface area contributed by atoms with Crippen molar-refractivity contribution in [3.63, 3.8) is 0 Å². The van der Waals surface area contributed by atoms with Crippen molar-refractivity contribution in [1.29, 1.82) is 0 Å². The highest BCUT2D eigenvalue weighted by Crippen LogP contribution is 2.27. The molecule has 0 saturated carbocycles. The van der Waals surface area contributed by atoms with Crippen molar-refractivity contribution in [2.75, 3.05) is 26.2 Å². The lowest BCUT2D eigenvalue weighted by Gasteiger charge is -2.27. The summed E-state index contributed by atoms with van der Waals surface area (Å²) in [4.78, 5) is 4.52. The van der Waals surface area contributed by atoms with E-state index in [0.717, 1.165) is 16.3 Å². The summed E-state index contributed by atoms with van der Waals surface area (Å²) in [7, 11) is -3.45. The summed E-state index contributed by atoms with van der Waals surface area (Å²) in [6.07, 6.45) is 3.41. The van der Waals surface area contributed by atoms with Crippen LogP contribution in [0.1, 0.15) is 5.56 Å². The summed E-state index contributed by atoms with van der Waals surface area (Å²) >= 11 is 0. The maximum absolute atomic E-state index is 12.8. The predicted molar refractivity (Wildman–Crippen MR) is 78.1 cm³/mol. The SMILES string of the molecule is [13CH3]c1cncc2cccc(S(=O)(=O)N3CCNCC3)c12. The Morgan fingerprint density at radius 2 is 1.95 bits per heavy atom. The largest absolute Gasteiger partial charge is 0.314 e. The van der Waals surface area contributed by atoms with Gasteiger partial charge in [-0.25, -0.2) is 8.42 Å². The lowest BCUT2D eigenvalue weighted by molar-refractivity contribution is 0.360. The molecule has 0 atom stereocenters. The molecule has 0 radical (unpaired) electrons. The monoisotopic (exact) mass is 292 g/mol. The third-order valence-electron chi connectivity index (χ3n) is 3.63. The second-order valence-corrected chi connectivity index (χ2v) is 6.87. The van der Waals surface area contributed by atoms with E-state index in [0.29, 0.717) is 31.1 Å². The van der Waals surface area contributed by atoms with Crippen LogP contribution in [0.2, 0.25) is 0 Å². The summed E-state index contributed by atoms with van der Waals surface area (Å²) in [6, 6.07) is 5.36. The molecule has 1 aliphatic heterocycles. The Bertz CT molecular complexity index is 732. The Morgan fingerprint density at radius 1 is 1.20 bits per heavy atom. The van der Waals surface area contributed by atoms with E-state index in [1.54, 1.807) is 28.8 Å². The zero-order chi connectivity index (χ0) is 14.2. The van der Waals surface area contributed by atoms with Crippen LogP contribution < -0.4 is 5.32 Å². The Hall–Kier alpha value is -1.50. The molecular formula is C14H17N3O2S. The van der Waals surface area contributed by atoms with Crippen molar-refractivity contribution < 1.29 is 8.42 Å². The highest BCUT2D eigenvalue weighted by atomic mass is 32.2. The highest BCUT2D eigenvalue weighted by molar-refractivity contribution is 7.89. The fourth-order valence-corrected chi connectivity index (χ4v) is 4.34. The van der Waals surface area contributed by atoms with Crippen molar-refractivity contribution in [3.05, 3.63) is 36.2 Å². The van der Waals surface area contributed by atoms with Gasteiger partial charge in [-0.3, -0.25) is 4.98 Å². The van der Waals surface area contributed by atoms with Gasteiger partial charge in [0.15, 0.2) is 0 Å². The number of hydrogen-bond acceptors (Lipinski definition) is 4. The number of fused-ring (bicyclic) bond motifs is 1. The van der Waals surface area contributed by atoms with E-state index < -0.39 is 10.0 Å². The first-order valence-corrected chi connectivity index (χ1v) is 8.09. The van der Waals surface area contributed by atoms with E-state index in [-0.39, 0.29) is 0 Å². The van der Waals surface area contributed by atoms with Gasteiger partial charge in [0.1, 0.15) is 0 Å². The van der Waals surface area contributed by atoms with Crippen LogP contribution in [0.5, 0.6) is 0 Å². The fourth-order valence-electron chi connectivity index (χ4n) is 2.61. The second kappa shape index (κ2) is 5.12. The van der Waals surface area contributed by atoms with E-state index in [2.05, 4.69) is 10.3 Å². The van der Waals surface area contributed by atoms with Crippen LogP contribution in [-0.2, 0) is 10.0 Å². The molecule has 0 amide bonds. The molecule has 0 unspecified atom stereocenters. The molecule has 6 heteroatoms. The zero-order valence-electron chi connectivity index (χ0n) is 11.3. The molecular weight excluding hydrogens is 275 g/mol. The van der Waals surface area contributed by atoms with Crippen LogP contribution in [0.25, 0.3) is 10.8 Å². The van der Waals surface area contributed by atoms with Crippen LogP contribution in [-0.4, -0.2) is 43.9 Å². The Labute approximate surface area is 118 Å². The van der Waals surface area contributed by atoms with Gasteiger partial charge in [0.25, 0.3) is 0 Å². The first-order valence-electron chi connectivity index (χ1n) is 6.65. The number of sulfonamides is 1. The molecule has 1 fully saturated rings. The van der Waals surface area contributed by atoms with Crippen LogP contribution in [0.15, 0.2) is 35.5 Å². The van der Waals surface area contributed by atoms with Crippen molar-refractivity contribution in [2.45, 2.75) is 11.8 Å². The average Bonchev–Trinajstić information content (AvgIpc) is 2.48. The molecule has 1 saturated heterocycles. The summed E-state index contributed by atoms with van der Waals surface area (Å²) in [5, 5.41) is 4.81. The fraction of sp³-hybridized carbons (Fsp3) is 0.357. The van der Waals surface area contributed by atoms with Gasteiger partial charge in [0.2, 0.25) is 10.0 Å². The molecule has 1 aromatic carbocycles. The number of benzene rings is 1. The smallest absolute Gasteiger partial charge is 0.243 e. The van der Waals surface area contributed by atoms with Crippen molar-refractivity contribution in [3.8, 4) is 0 Å². The first kappa shape index (κ1) is 13.5. The van der Waals surface area contributed by atoms with Gasteiger partial charge in [-0.15, -0.1) is 0 Å². The zero-order valence-corrected chi connectivity index (χ0v) is 12.2. The van der Waals surface area contributed by atoms with E-state index in [1.165, 1.54) is 0 Å².